The zero-order valence-electron chi connectivity index (χ0n) is 13.0. The molecule has 1 aromatic heterocycles. The summed E-state index contributed by atoms with van der Waals surface area (Å²) in [5.74, 6) is 0.956. The molecule has 1 aromatic carbocycles. The molecule has 1 heterocycles. The molecule has 0 aliphatic rings. The Kier molecular flexibility index (Phi) is 6.46. The molecule has 0 bridgehead atoms. The molecule has 0 aliphatic carbocycles. The average molecular weight is 314 g/mol. The van der Waals surface area contributed by atoms with Crippen molar-refractivity contribution in [2.45, 2.75) is 31.3 Å². The van der Waals surface area contributed by atoms with E-state index >= 15 is 0 Å². The molecular weight excluding hydrogens is 292 g/mol. The number of nitrogens with zero attached hydrogens (tertiary/aromatic N) is 1. The second kappa shape index (κ2) is 8.59. The van der Waals surface area contributed by atoms with Gasteiger partial charge in [-0.25, -0.2) is 4.98 Å². The molecule has 116 valence electrons. The van der Waals surface area contributed by atoms with Crippen LogP contribution in [-0.4, -0.2) is 16.6 Å². The topological polar surface area (TPSA) is 42.0 Å². The number of benzene rings is 1. The Morgan fingerprint density at radius 1 is 1.14 bits per heavy atom. The fourth-order valence-electron chi connectivity index (χ4n) is 2.24. The van der Waals surface area contributed by atoms with Crippen LogP contribution >= 0.6 is 11.8 Å². The van der Waals surface area contributed by atoms with E-state index in [0.717, 1.165) is 17.0 Å². The van der Waals surface area contributed by atoms with Crippen molar-refractivity contribution in [2.24, 2.45) is 5.92 Å². The highest BCUT2D eigenvalue weighted by Gasteiger charge is 2.16. The number of carbonyl (C=O) groups is 1. The highest BCUT2D eigenvalue weighted by Crippen LogP contribution is 2.22. The SMILES string of the molecule is CC(C)CC(NC(=O)CSc1ccccn1)c1ccccc1. The quantitative estimate of drug-likeness (QED) is 0.783. The van der Waals surface area contributed by atoms with Gasteiger partial charge in [0.1, 0.15) is 0 Å². The fraction of sp³-hybridized carbons (Fsp3) is 0.333. The minimum absolute atomic E-state index is 0.0464. The van der Waals surface area contributed by atoms with Crippen LogP contribution in [0.2, 0.25) is 0 Å². The summed E-state index contributed by atoms with van der Waals surface area (Å²) in [6, 6.07) is 15.9. The van der Waals surface area contributed by atoms with E-state index in [2.05, 4.69) is 36.3 Å². The smallest absolute Gasteiger partial charge is 0.230 e. The molecule has 4 heteroatoms. The first-order valence-corrected chi connectivity index (χ1v) is 8.52. The van der Waals surface area contributed by atoms with Crippen molar-refractivity contribution >= 4 is 17.7 Å². The second-order valence-corrected chi connectivity index (χ2v) is 6.61. The van der Waals surface area contributed by atoms with Crippen LogP contribution in [0, 0.1) is 5.92 Å². The summed E-state index contributed by atoms with van der Waals surface area (Å²) in [7, 11) is 0. The first kappa shape index (κ1) is 16.6. The van der Waals surface area contributed by atoms with Gasteiger partial charge in [0.25, 0.3) is 0 Å². The number of carbonyl (C=O) groups excluding carboxylic acids is 1. The molecule has 2 aromatic rings. The predicted molar refractivity (Wildman–Crippen MR) is 91.7 cm³/mol. The van der Waals surface area contributed by atoms with E-state index in [1.807, 2.05) is 36.4 Å². The maximum Gasteiger partial charge on any atom is 0.230 e. The largest absolute Gasteiger partial charge is 0.349 e. The van der Waals surface area contributed by atoms with Crippen LogP contribution in [0.4, 0.5) is 0 Å². The molecule has 1 amide bonds. The van der Waals surface area contributed by atoms with Gasteiger partial charge < -0.3 is 5.32 Å². The van der Waals surface area contributed by atoms with Gasteiger partial charge in [-0.2, -0.15) is 0 Å². The summed E-state index contributed by atoms with van der Waals surface area (Å²) < 4.78 is 0. The Balaban J connectivity index is 1.93. The minimum Gasteiger partial charge on any atom is -0.349 e. The van der Waals surface area contributed by atoms with E-state index in [1.54, 1.807) is 6.20 Å². The van der Waals surface area contributed by atoms with Gasteiger partial charge in [-0.3, -0.25) is 4.79 Å². The van der Waals surface area contributed by atoms with Crippen molar-refractivity contribution in [3.63, 3.8) is 0 Å². The zero-order chi connectivity index (χ0) is 15.8. The van der Waals surface area contributed by atoms with E-state index in [9.17, 15) is 4.79 Å². The highest BCUT2D eigenvalue weighted by molar-refractivity contribution is 7.99. The van der Waals surface area contributed by atoms with Gasteiger partial charge in [0, 0.05) is 6.20 Å². The van der Waals surface area contributed by atoms with Crippen molar-refractivity contribution in [2.75, 3.05) is 5.75 Å². The van der Waals surface area contributed by atoms with E-state index in [1.165, 1.54) is 11.8 Å². The van der Waals surface area contributed by atoms with Crippen molar-refractivity contribution in [3.05, 3.63) is 60.3 Å². The van der Waals surface area contributed by atoms with Crippen LogP contribution < -0.4 is 5.32 Å². The highest BCUT2D eigenvalue weighted by atomic mass is 32.2. The van der Waals surface area contributed by atoms with Crippen molar-refractivity contribution in [3.8, 4) is 0 Å². The van der Waals surface area contributed by atoms with Gasteiger partial charge in [0.2, 0.25) is 5.91 Å². The lowest BCUT2D eigenvalue weighted by atomic mass is 9.97. The summed E-state index contributed by atoms with van der Waals surface area (Å²) in [4.78, 5) is 16.4. The standard InChI is InChI=1S/C18H22N2OS/c1-14(2)12-16(15-8-4-3-5-9-15)20-17(21)13-22-18-10-6-7-11-19-18/h3-11,14,16H,12-13H2,1-2H3,(H,20,21). The average Bonchev–Trinajstić information content (AvgIpc) is 2.54. The summed E-state index contributed by atoms with van der Waals surface area (Å²) >= 11 is 1.46. The van der Waals surface area contributed by atoms with E-state index in [-0.39, 0.29) is 11.9 Å². The Morgan fingerprint density at radius 2 is 1.86 bits per heavy atom. The molecule has 0 aliphatic heterocycles. The number of aromatic nitrogens is 1. The fourth-order valence-corrected chi connectivity index (χ4v) is 2.92. The Hall–Kier alpha value is -1.81. The molecule has 3 nitrogen and oxygen atoms in total. The van der Waals surface area contributed by atoms with Crippen LogP contribution in [0.1, 0.15) is 31.9 Å². The molecule has 0 saturated heterocycles. The molecule has 2 rings (SSSR count). The van der Waals surface area contributed by atoms with Crippen LogP contribution in [0.15, 0.2) is 59.8 Å². The van der Waals surface area contributed by atoms with Gasteiger partial charge in [-0.1, -0.05) is 62.0 Å². The molecule has 0 saturated carbocycles. The van der Waals surface area contributed by atoms with Gasteiger partial charge in [0.15, 0.2) is 0 Å². The van der Waals surface area contributed by atoms with Crippen LogP contribution in [-0.2, 0) is 4.79 Å². The lowest BCUT2D eigenvalue weighted by molar-refractivity contribution is -0.119. The molecule has 0 fully saturated rings. The maximum atomic E-state index is 12.2. The van der Waals surface area contributed by atoms with E-state index in [0.29, 0.717) is 11.7 Å². The maximum absolute atomic E-state index is 12.2. The summed E-state index contributed by atoms with van der Waals surface area (Å²) in [5.41, 5.74) is 1.16. The van der Waals surface area contributed by atoms with Crippen LogP contribution in [0.5, 0.6) is 0 Å². The van der Waals surface area contributed by atoms with Crippen LogP contribution in [0.25, 0.3) is 0 Å². The number of nitrogens with one attached hydrogen (secondary N) is 1. The molecule has 0 spiro atoms. The third kappa shape index (κ3) is 5.53. The summed E-state index contributed by atoms with van der Waals surface area (Å²) in [6.07, 6.45) is 2.68. The van der Waals surface area contributed by atoms with Crippen molar-refractivity contribution in [1.82, 2.24) is 10.3 Å². The second-order valence-electron chi connectivity index (χ2n) is 5.62. The first-order chi connectivity index (χ1) is 10.6. The molecule has 1 atom stereocenters. The number of hydrogen-bond donors (Lipinski definition) is 1. The van der Waals surface area contributed by atoms with Gasteiger partial charge >= 0.3 is 0 Å². The number of amides is 1. The predicted octanol–water partition coefficient (Wildman–Crippen LogP) is 4.08. The summed E-state index contributed by atoms with van der Waals surface area (Å²) in [5, 5.41) is 4.02. The van der Waals surface area contributed by atoms with Gasteiger partial charge in [-0.05, 0) is 30.0 Å². The number of thioether (sulfide) groups is 1. The zero-order valence-corrected chi connectivity index (χ0v) is 13.8. The summed E-state index contributed by atoms with van der Waals surface area (Å²) in [6.45, 7) is 4.34. The molecule has 1 unspecified atom stereocenters. The molecule has 22 heavy (non-hydrogen) atoms. The van der Waals surface area contributed by atoms with Crippen molar-refractivity contribution in [1.29, 1.82) is 0 Å². The number of hydrogen-bond acceptors (Lipinski definition) is 3. The van der Waals surface area contributed by atoms with Crippen molar-refractivity contribution < 1.29 is 4.79 Å². The first-order valence-electron chi connectivity index (χ1n) is 7.53. The van der Waals surface area contributed by atoms with Gasteiger partial charge in [-0.15, -0.1) is 0 Å². The van der Waals surface area contributed by atoms with Gasteiger partial charge in [0.05, 0.1) is 16.8 Å². The van der Waals surface area contributed by atoms with Crippen LogP contribution in [0.3, 0.4) is 0 Å². The third-order valence-electron chi connectivity index (χ3n) is 3.23. The Labute approximate surface area is 136 Å². The normalized spacial score (nSPS) is 12.1. The Bertz CT molecular complexity index is 572. The molecular formula is C18H22N2OS. The third-order valence-corrected chi connectivity index (χ3v) is 4.18. The number of rotatable bonds is 7. The molecule has 1 N–H and O–H groups in total. The van der Waals surface area contributed by atoms with E-state index in [4.69, 9.17) is 0 Å². The minimum atomic E-state index is 0.0464. The van der Waals surface area contributed by atoms with E-state index < -0.39 is 0 Å². The molecule has 0 radical (unpaired) electrons. The number of pyridine rings is 1. The Morgan fingerprint density at radius 3 is 2.50 bits per heavy atom. The monoisotopic (exact) mass is 314 g/mol. The lowest BCUT2D eigenvalue weighted by Crippen LogP contribution is -2.30. The lowest BCUT2D eigenvalue weighted by Gasteiger charge is -2.21.